The highest BCUT2D eigenvalue weighted by Gasteiger charge is 2.37. The Morgan fingerprint density at radius 1 is 1.47 bits per heavy atom. The van der Waals surface area contributed by atoms with Crippen molar-refractivity contribution in [1.29, 1.82) is 0 Å². The average Bonchev–Trinajstić information content (AvgIpc) is 2.95. The molecule has 0 spiro atoms. The number of aromatic nitrogens is 2. The summed E-state index contributed by atoms with van der Waals surface area (Å²) in [6, 6.07) is 3.36. The lowest BCUT2D eigenvalue weighted by Crippen LogP contribution is -2.46. The van der Waals surface area contributed by atoms with Crippen LogP contribution in [0.5, 0.6) is 0 Å². The summed E-state index contributed by atoms with van der Waals surface area (Å²) in [6.07, 6.45) is 4.64. The van der Waals surface area contributed by atoms with E-state index in [9.17, 15) is 0 Å². The van der Waals surface area contributed by atoms with Gasteiger partial charge in [-0.1, -0.05) is 0 Å². The molecule has 3 heterocycles. The van der Waals surface area contributed by atoms with Gasteiger partial charge in [-0.15, -0.1) is 0 Å². The van der Waals surface area contributed by atoms with Crippen LogP contribution >= 0.6 is 0 Å². The first-order valence-corrected chi connectivity index (χ1v) is 6.71. The summed E-state index contributed by atoms with van der Waals surface area (Å²) in [5.41, 5.74) is 1.33. The van der Waals surface area contributed by atoms with E-state index in [1.807, 2.05) is 17.9 Å². The van der Waals surface area contributed by atoms with Gasteiger partial charge in [0.1, 0.15) is 0 Å². The van der Waals surface area contributed by atoms with Crippen LogP contribution in [0.15, 0.2) is 12.3 Å². The highest BCUT2D eigenvalue weighted by Crippen LogP contribution is 2.32. The largest absolute Gasteiger partial charge is 0.315 e. The third-order valence-corrected chi connectivity index (χ3v) is 4.51. The predicted octanol–water partition coefficient (Wildman–Crippen LogP) is 1.16. The van der Waals surface area contributed by atoms with Gasteiger partial charge >= 0.3 is 0 Å². The molecule has 94 valence electrons. The van der Waals surface area contributed by atoms with Crippen LogP contribution in [-0.2, 0) is 7.05 Å². The van der Waals surface area contributed by atoms with Crippen molar-refractivity contribution in [3.63, 3.8) is 0 Å². The van der Waals surface area contributed by atoms with E-state index in [1.165, 1.54) is 31.6 Å². The van der Waals surface area contributed by atoms with Crippen LogP contribution in [0.2, 0.25) is 0 Å². The Balaban J connectivity index is 1.81. The molecule has 4 heteroatoms. The fourth-order valence-electron chi connectivity index (χ4n) is 3.55. The molecule has 17 heavy (non-hydrogen) atoms. The van der Waals surface area contributed by atoms with Gasteiger partial charge in [0.15, 0.2) is 0 Å². The molecular formula is C13H22N4. The van der Waals surface area contributed by atoms with Crippen molar-refractivity contribution < 1.29 is 0 Å². The van der Waals surface area contributed by atoms with Gasteiger partial charge in [0, 0.05) is 31.9 Å². The molecule has 0 radical (unpaired) electrons. The van der Waals surface area contributed by atoms with E-state index < -0.39 is 0 Å². The molecule has 0 aliphatic carbocycles. The second-order valence-corrected chi connectivity index (χ2v) is 5.42. The van der Waals surface area contributed by atoms with Crippen molar-refractivity contribution in [2.75, 3.05) is 19.6 Å². The fourth-order valence-corrected chi connectivity index (χ4v) is 3.55. The first-order valence-electron chi connectivity index (χ1n) is 6.71. The molecule has 2 fully saturated rings. The lowest BCUT2D eigenvalue weighted by Gasteiger charge is -2.40. The van der Waals surface area contributed by atoms with Gasteiger partial charge in [-0.05, 0) is 44.8 Å². The predicted molar refractivity (Wildman–Crippen MR) is 67.7 cm³/mol. The second kappa shape index (κ2) is 4.42. The van der Waals surface area contributed by atoms with Crippen molar-refractivity contribution in [1.82, 2.24) is 20.0 Å². The molecule has 1 N–H and O–H groups in total. The lowest BCUT2D eigenvalue weighted by molar-refractivity contribution is 0.0811. The van der Waals surface area contributed by atoms with Crippen LogP contribution in [0.4, 0.5) is 0 Å². The van der Waals surface area contributed by atoms with Crippen molar-refractivity contribution in [3.05, 3.63) is 18.0 Å². The van der Waals surface area contributed by atoms with E-state index in [0.29, 0.717) is 6.04 Å². The van der Waals surface area contributed by atoms with E-state index in [0.717, 1.165) is 18.5 Å². The van der Waals surface area contributed by atoms with Crippen molar-refractivity contribution >= 4 is 0 Å². The lowest BCUT2D eigenvalue weighted by atomic mass is 9.90. The summed E-state index contributed by atoms with van der Waals surface area (Å²) >= 11 is 0. The van der Waals surface area contributed by atoms with Crippen molar-refractivity contribution in [2.45, 2.75) is 31.8 Å². The molecule has 3 atom stereocenters. The van der Waals surface area contributed by atoms with Gasteiger partial charge in [-0.25, -0.2) is 0 Å². The van der Waals surface area contributed by atoms with Gasteiger partial charge in [0.2, 0.25) is 0 Å². The number of piperidine rings is 1. The molecule has 2 aliphatic heterocycles. The van der Waals surface area contributed by atoms with Crippen molar-refractivity contribution in [2.24, 2.45) is 13.0 Å². The summed E-state index contributed by atoms with van der Waals surface area (Å²) < 4.78 is 2.01. The molecule has 3 unspecified atom stereocenters. The molecule has 3 rings (SSSR count). The minimum Gasteiger partial charge on any atom is -0.315 e. The molecular weight excluding hydrogens is 212 g/mol. The first-order chi connectivity index (χ1) is 8.27. The summed E-state index contributed by atoms with van der Waals surface area (Å²) in [4.78, 5) is 2.67. The number of hydrogen-bond donors (Lipinski definition) is 1. The van der Waals surface area contributed by atoms with Crippen LogP contribution in [0.3, 0.4) is 0 Å². The summed E-state index contributed by atoms with van der Waals surface area (Å²) in [5, 5.41) is 7.84. The van der Waals surface area contributed by atoms with Gasteiger partial charge in [0.25, 0.3) is 0 Å². The third kappa shape index (κ3) is 1.89. The zero-order valence-electron chi connectivity index (χ0n) is 10.8. The molecule has 0 bridgehead atoms. The minimum absolute atomic E-state index is 0.482. The molecule has 1 aromatic heterocycles. The topological polar surface area (TPSA) is 33.1 Å². The van der Waals surface area contributed by atoms with E-state index in [2.05, 4.69) is 28.3 Å². The Morgan fingerprint density at radius 3 is 3.12 bits per heavy atom. The number of nitrogens with zero attached hydrogens (tertiary/aromatic N) is 3. The maximum atomic E-state index is 4.29. The third-order valence-electron chi connectivity index (χ3n) is 4.51. The number of hydrogen-bond acceptors (Lipinski definition) is 3. The van der Waals surface area contributed by atoms with Gasteiger partial charge in [-0.3, -0.25) is 9.58 Å². The summed E-state index contributed by atoms with van der Waals surface area (Å²) in [7, 11) is 2.04. The van der Waals surface area contributed by atoms with E-state index in [-0.39, 0.29) is 0 Å². The van der Waals surface area contributed by atoms with E-state index >= 15 is 0 Å². The molecule has 0 saturated carbocycles. The van der Waals surface area contributed by atoms with Crippen molar-refractivity contribution in [3.8, 4) is 0 Å². The number of likely N-dealkylation sites (tertiary alicyclic amines) is 1. The Bertz CT molecular complexity index is 387. The standard InChI is InChI=1S/C13H22N4/c1-10(12-5-6-15-16(12)2)17-7-3-4-11-8-14-9-13(11)17/h5-6,10-11,13-14H,3-4,7-9H2,1-2H3. The monoisotopic (exact) mass is 234 g/mol. The van der Waals surface area contributed by atoms with E-state index in [4.69, 9.17) is 0 Å². The van der Waals surface area contributed by atoms with Crippen LogP contribution in [0.1, 0.15) is 31.5 Å². The van der Waals surface area contributed by atoms with E-state index in [1.54, 1.807) is 0 Å². The number of fused-ring (bicyclic) bond motifs is 1. The zero-order valence-corrected chi connectivity index (χ0v) is 10.8. The highest BCUT2D eigenvalue weighted by molar-refractivity contribution is 5.08. The van der Waals surface area contributed by atoms with Gasteiger partial charge in [0.05, 0.1) is 5.69 Å². The number of rotatable bonds is 2. The number of nitrogens with one attached hydrogen (secondary N) is 1. The summed E-state index contributed by atoms with van der Waals surface area (Å²) in [6.45, 7) is 5.92. The van der Waals surface area contributed by atoms with Gasteiger partial charge < -0.3 is 5.32 Å². The molecule has 1 aromatic rings. The molecule has 2 aliphatic rings. The van der Waals surface area contributed by atoms with Crippen LogP contribution < -0.4 is 5.32 Å². The summed E-state index contributed by atoms with van der Waals surface area (Å²) in [5.74, 6) is 0.861. The maximum Gasteiger partial charge on any atom is 0.0549 e. The number of aryl methyl sites for hydroxylation is 1. The normalized spacial score (nSPS) is 31.4. The quantitative estimate of drug-likeness (QED) is 0.834. The first kappa shape index (κ1) is 11.2. The fraction of sp³-hybridized carbons (Fsp3) is 0.769. The Kier molecular flexibility index (Phi) is 2.92. The SMILES string of the molecule is CC(c1ccnn1C)N1CCCC2CNCC21. The molecule has 4 nitrogen and oxygen atoms in total. The molecule has 0 aromatic carbocycles. The van der Waals surface area contributed by atoms with Gasteiger partial charge in [-0.2, -0.15) is 5.10 Å². The Morgan fingerprint density at radius 2 is 2.35 bits per heavy atom. The maximum absolute atomic E-state index is 4.29. The second-order valence-electron chi connectivity index (χ2n) is 5.42. The smallest absolute Gasteiger partial charge is 0.0549 e. The Labute approximate surface area is 103 Å². The minimum atomic E-state index is 0.482. The molecule has 2 saturated heterocycles. The van der Waals surface area contributed by atoms with Crippen LogP contribution in [0.25, 0.3) is 0 Å². The Hall–Kier alpha value is -0.870. The zero-order chi connectivity index (χ0) is 11.8. The average molecular weight is 234 g/mol. The van der Waals surface area contributed by atoms with Crippen LogP contribution in [0, 0.1) is 5.92 Å². The molecule has 0 amide bonds. The van der Waals surface area contributed by atoms with Crippen LogP contribution in [-0.4, -0.2) is 40.4 Å². The highest BCUT2D eigenvalue weighted by atomic mass is 15.3.